The minimum atomic E-state index is -0.0692. The fourth-order valence-electron chi connectivity index (χ4n) is 3.53. The number of aromatic nitrogens is 2. The molecule has 1 aliphatic heterocycles. The first kappa shape index (κ1) is 16.6. The fourth-order valence-corrected chi connectivity index (χ4v) is 3.53. The van der Waals surface area contributed by atoms with Gasteiger partial charge in [-0.25, -0.2) is 4.98 Å². The van der Waals surface area contributed by atoms with Crippen molar-refractivity contribution in [3.05, 3.63) is 100.0 Å². The molecule has 1 aliphatic rings. The average Bonchev–Trinajstić information content (AvgIpc) is 3.20. The Morgan fingerprint density at radius 3 is 2.54 bits per heavy atom. The van der Waals surface area contributed by atoms with E-state index < -0.39 is 0 Å². The van der Waals surface area contributed by atoms with Crippen LogP contribution in [-0.4, -0.2) is 16.3 Å². The van der Waals surface area contributed by atoms with Crippen LogP contribution in [0.15, 0.2) is 77.6 Å². The summed E-state index contributed by atoms with van der Waals surface area (Å²) in [5, 5.41) is 0. The number of ether oxygens (including phenoxy) is 2. The number of nitrogens with zero attached hydrogens (tertiary/aromatic N) is 2. The maximum atomic E-state index is 13.3. The minimum Gasteiger partial charge on any atom is -0.454 e. The summed E-state index contributed by atoms with van der Waals surface area (Å²) in [6, 6.07) is 23.5. The summed E-state index contributed by atoms with van der Waals surface area (Å²) in [5.74, 6) is 1.44. The maximum Gasteiger partial charge on any atom is 0.273 e. The normalized spacial score (nSPS) is 12.4. The molecule has 4 aromatic rings. The quantitative estimate of drug-likeness (QED) is 0.549. The molecule has 138 valence electrons. The van der Waals surface area contributed by atoms with Gasteiger partial charge in [0.2, 0.25) is 6.79 Å². The van der Waals surface area contributed by atoms with E-state index in [0.29, 0.717) is 24.4 Å². The van der Waals surface area contributed by atoms with Crippen molar-refractivity contribution < 1.29 is 9.47 Å². The largest absolute Gasteiger partial charge is 0.454 e. The molecule has 28 heavy (non-hydrogen) atoms. The topological polar surface area (TPSA) is 53.4 Å². The Bertz CT molecular complexity index is 1220. The monoisotopic (exact) mass is 370 g/mol. The second kappa shape index (κ2) is 6.85. The number of benzene rings is 3. The van der Waals surface area contributed by atoms with Crippen LogP contribution in [0, 0.1) is 0 Å². The highest BCUT2D eigenvalue weighted by Gasteiger charge is 2.16. The van der Waals surface area contributed by atoms with Gasteiger partial charge < -0.3 is 14.0 Å². The van der Waals surface area contributed by atoms with Crippen molar-refractivity contribution in [1.82, 2.24) is 9.55 Å². The molecule has 0 amide bonds. The molecular formula is C23H18N2O3. The molecule has 2 heterocycles. The number of fused-ring (bicyclic) bond motifs is 2. The maximum absolute atomic E-state index is 13.3. The van der Waals surface area contributed by atoms with Gasteiger partial charge in [-0.1, -0.05) is 48.5 Å². The van der Waals surface area contributed by atoms with E-state index in [1.165, 1.54) is 0 Å². The van der Waals surface area contributed by atoms with Crippen molar-refractivity contribution in [1.29, 1.82) is 0 Å². The van der Waals surface area contributed by atoms with Crippen molar-refractivity contribution in [2.75, 3.05) is 6.79 Å². The van der Waals surface area contributed by atoms with E-state index in [9.17, 15) is 4.79 Å². The third-order valence-corrected chi connectivity index (χ3v) is 4.91. The third-order valence-electron chi connectivity index (χ3n) is 4.91. The van der Waals surface area contributed by atoms with E-state index in [2.05, 4.69) is 4.98 Å². The van der Waals surface area contributed by atoms with Crippen LogP contribution >= 0.6 is 0 Å². The van der Waals surface area contributed by atoms with Crippen LogP contribution < -0.4 is 15.0 Å². The van der Waals surface area contributed by atoms with Crippen molar-refractivity contribution in [2.45, 2.75) is 13.0 Å². The molecule has 0 unspecified atom stereocenters. The van der Waals surface area contributed by atoms with Gasteiger partial charge in [-0.05, 0) is 35.4 Å². The zero-order valence-corrected chi connectivity index (χ0v) is 15.2. The minimum absolute atomic E-state index is 0.0692. The molecule has 0 saturated heterocycles. The molecule has 0 aliphatic carbocycles. The van der Waals surface area contributed by atoms with Crippen molar-refractivity contribution in [3.8, 4) is 11.5 Å². The SMILES string of the molecule is O=c1c(Cc2ccc3c(c2)OCO3)nc2ccccc2n1Cc1ccccc1. The summed E-state index contributed by atoms with van der Waals surface area (Å²) in [6.45, 7) is 0.744. The summed E-state index contributed by atoms with van der Waals surface area (Å²) in [7, 11) is 0. The first-order valence-corrected chi connectivity index (χ1v) is 9.19. The molecular weight excluding hydrogens is 352 g/mol. The molecule has 3 aromatic carbocycles. The Morgan fingerprint density at radius 2 is 1.64 bits per heavy atom. The molecule has 0 fully saturated rings. The van der Waals surface area contributed by atoms with Crippen LogP contribution in [0.25, 0.3) is 11.0 Å². The number of para-hydroxylation sites is 2. The van der Waals surface area contributed by atoms with E-state index in [1.54, 1.807) is 4.57 Å². The van der Waals surface area contributed by atoms with Gasteiger partial charge in [0.15, 0.2) is 11.5 Å². The van der Waals surface area contributed by atoms with Gasteiger partial charge in [0.05, 0.1) is 17.6 Å². The van der Waals surface area contributed by atoms with Gasteiger partial charge in [0.1, 0.15) is 5.69 Å². The van der Waals surface area contributed by atoms with Gasteiger partial charge in [0.25, 0.3) is 5.56 Å². The van der Waals surface area contributed by atoms with E-state index in [-0.39, 0.29) is 12.4 Å². The molecule has 5 rings (SSSR count). The molecule has 5 nitrogen and oxygen atoms in total. The lowest BCUT2D eigenvalue weighted by Gasteiger charge is -2.13. The first-order chi connectivity index (χ1) is 13.8. The standard InChI is InChI=1S/C23H18N2O3/c26-23-19(12-17-10-11-21-22(13-17)28-15-27-21)24-18-8-4-5-9-20(18)25(23)14-16-6-2-1-3-7-16/h1-11,13H,12,14-15H2. The van der Waals surface area contributed by atoms with Crippen LogP contribution in [0.1, 0.15) is 16.8 Å². The highest BCUT2D eigenvalue weighted by atomic mass is 16.7. The third kappa shape index (κ3) is 3.01. The van der Waals surface area contributed by atoms with Crippen LogP contribution in [0.2, 0.25) is 0 Å². The van der Waals surface area contributed by atoms with Crippen LogP contribution in [0.5, 0.6) is 11.5 Å². The van der Waals surface area contributed by atoms with E-state index in [0.717, 1.165) is 27.9 Å². The van der Waals surface area contributed by atoms with Gasteiger partial charge in [-0.3, -0.25) is 4.79 Å². The Morgan fingerprint density at radius 1 is 0.857 bits per heavy atom. The predicted octanol–water partition coefficient (Wildman–Crippen LogP) is 3.76. The second-order valence-electron chi connectivity index (χ2n) is 6.79. The number of hydrogen-bond donors (Lipinski definition) is 0. The van der Waals surface area contributed by atoms with E-state index in [4.69, 9.17) is 9.47 Å². The molecule has 0 atom stereocenters. The highest BCUT2D eigenvalue weighted by molar-refractivity contribution is 5.74. The summed E-state index contributed by atoms with van der Waals surface area (Å²) in [4.78, 5) is 17.9. The van der Waals surface area contributed by atoms with Crippen molar-refractivity contribution >= 4 is 11.0 Å². The summed E-state index contributed by atoms with van der Waals surface area (Å²) >= 11 is 0. The highest BCUT2D eigenvalue weighted by Crippen LogP contribution is 2.32. The zero-order chi connectivity index (χ0) is 18.9. The van der Waals surface area contributed by atoms with Gasteiger partial charge >= 0.3 is 0 Å². The first-order valence-electron chi connectivity index (χ1n) is 9.19. The molecule has 0 bridgehead atoms. The van der Waals surface area contributed by atoms with Gasteiger partial charge in [0, 0.05) is 6.42 Å². The van der Waals surface area contributed by atoms with Crippen molar-refractivity contribution in [2.24, 2.45) is 0 Å². The van der Waals surface area contributed by atoms with Crippen LogP contribution in [0.4, 0.5) is 0 Å². The summed E-state index contributed by atoms with van der Waals surface area (Å²) < 4.78 is 12.6. The molecule has 1 aromatic heterocycles. The molecule has 0 saturated carbocycles. The second-order valence-corrected chi connectivity index (χ2v) is 6.79. The summed E-state index contributed by atoms with van der Waals surface area (Å²) in [5.41, 5.74) is 4.15. The number of hydrogen-bond acceptors (Lipinski definition) is 4. The van der Waals surface area contributed by atoms with Gasteiger partial charge in [-0.2, -0.15) is 0 Å². The van der Waals surface area contributed by atoms with Crippen LogP contribution in [-0.2, 0) is 13.0 Å². The lowest BCUT2D eigenvalue weighted by atomic mass is 10.1. The fraction of sp³-hybridized carbons (Fsp3) is 0.130. The lowest BCUT2D eigenvalue weighted by Crippen LogP contribution is -2.26. The average molecular weight is 370 g/mol. The molecule has 0 spiro atoms. The van der Waals surface area contributed by atoms with Crippen LogP contribution in [0.3, 0.4) is 0 Å². The molecule has 5 heteroatoms. The Kier molecular flexibility index (Phi) is 4.05. The number of rotatable bonds is 4. The Balaban J connectivity index is 1.59. The zero-order valence-electron chi connectivity index (χ0n) is 15.2. The van der Waals surface area contributed by atoms with Crippen molar-refractivity contribution in [3.63, 3.8) is 0 Å². The van der Waals surface area contributed by atoms with Gasteiger partial charge in [-0.15, -0.1) is 0 Å². The Labute approximate surface area is 161 Å². The Hall–Kier alpha value is -3.60. The lowest BCUT2D eigenvalue weighted by molar-refractivity contribution is 0.174. The predicted molar refractivity (Wildman–Crippen MR) is 107 cm³/mol. The van der Waals surface area contributed by atoms with E-state index in [1.807, 2.05) is 72.8 Å². The molecule has 0 radical (unpaired) electrons. The summed E-state index contributed by atoms with van der Waals surface area (Å²) in [6.07, 6.45) is 0.440. The molecule has 0 N–H and O–H groups in total. The smallest absolute Gasteiger partial charge is 0.273 e. The van der Waals surface area contributed by atoms with E-state index >= 15 is 0 Å².